The summed E-state index contributed by atoms with van der Waals surface area (Å²) in [4.78, 5) is 12.7. The van der Waals surface area contributed by atoms with Gasteiger partial charge >= 0.3 is 45.9 Å². The van der Waals surface area contributed by atoms with E-state index in [2.05, 4.69) is 127 Å². The Kier molecular flexibility index (Phi) is 28.0. The molecule has 55 heavy (non-hydrogen) atoms. The van der Waals surface area contributed by atoms with Gasteiger partial charge in [-0.15, -0.1) is 0 Å². The van der Waals surface area contributed by atoms with Gasteiger partial charge in [0.2, 0.25) is 0 Å². The van der Waals surface area contributed by atoms with E-state index in [4.69, 9.17) is 4.65 Å². The Morgan fingerprint density at radius 1 is 0.745 bits per heavy atom. The zero-order chi connectivity index (χ0) is 39.4. The Balaban J connectivity index is 0. The van der Waals surface area contributed by atoms with Gasteiger partial charge in [-0.2, -0.15) is 4.67 Å². The molecule has 6 aliphatic rings. The fourth-order valence-corrected chi connectivity index (χ4v) is 15.0. The zero-order valence-corrected chi connectivity index (χ0v) is 37.3. The molecule has 0 bridgehead atoms. The molecule has 9 nitrogen and oxygen atoms in total. The molecule has 0 N–H and O–H groups in total. The van der Waals surface area contributed by atoms with Crippen LogP contribution in [0.15, 0.2) is 11.9 Å². The molecule has 0 radical (unpaired) electrons. The first-order valence-electron chi connectivity index (χ1n) is 18.4. The minimum Gasteiger partial charge on any atom is -1.00 e. The van der Waals surface area contributed by atoms with E-state index < -0.39 is 23.2 Å². The van der Waals surface area contributed by atoms with Crippen LogP contribution in [0.5, 0.6) is 0 Å². The smallest absolute Gasteiger partial charge is 1.00 e. The summed E-state index contributed by atoms with van der Waals surface area (Å²) < 4.78 is 73.5. The number of hydrogen-bond acceptors (Lipinski definition) is 7. The standard InChI is InChI=1S/C16H31N4P.C16H30N4P.CO.2BF3.2FH.Rh/c2*1-13(2)21(14(3)4)20-11-10-19-9-8-18-7-6-17(5)15(18)12-16(19)20;1-2;2*2-1(3)4;;;/h12-16H,5-11H2,1-4H3;12-14H,6-11H2,1-5H3;;;;2*1H;/q-2;+1;;;;;;+3/p-1. The molecule has 4 saturated heterocycles. The van der Waals surface area contributed by atoms with Gasteiger partial charge in [0.1, 0.15) is 25.5 Å². The van der Waals surface area contributed by atoms with Gasteiger partial charge in [-0.1, -0.05) is 33.9 Å². The van der Waals surface area contributed by atoms with E-state index in [0.717, 1.165) is 29.2 Å². The first-order chi connectivity index (χ1) is 24.4. The summed E-state index contributed by atoms with van der Waals surface area (Å²) >= 11 is 0. The molecule has 6 rings (SSSR count). The quantitative estimate of drug-likeness (QED) is 0.0899. The number of hydrogen-bond donors (Lipinski definition) is 0. The molecule has 22 heteroatoms. The maximum Gasteiger partial charge on any atom is 3.00 e. The van der Waals surface area contributed by atoms with Crippen LogP contribution in [-0.2, 0) is 24.1 Å². The molecule has 320 valence electrons. The van der Waals surface area contributed by atoms with Crippen LogP contribution in [0.3, 0.4) is 0 Å². The van der Waals surface area contributed by atoms with Gasteiger partial charge in [-0.05, 0) is 59.8 Å². The Morgan fingerprint density at radius 3 is 1.67 bits per heavy atom. The number of rotatable bonds is 6. The molecular weight excluding hydrogens is 863 g/mol. The van der Waals surface area contributed by atoms with Crippen LogP contribution in [0, 0.1) is 20.1 Å². The molecule has 0 saturated carbocycles. The minimum atomic E-state index is -3.67. The monoisotopic (exact) mass is 925 g/mol. The summed E-state index contributed by atoms with van der Waals surface area (Å²) in [7, 11) is -1.43. The predicted octanol–water partition coefficient (Wildman–Crippen LogP) is -0.414. The molecule has 0 aromatic rings. The summed E-state index contributed by atoms with van der Waals surface area (Å²) in [6.07, 6.45) is 6.03. The van der Waals surface area contributed by atoms with Gasteiger partial charge in [0, 0.05) is 45.8 Å². The van der Waals surface area contributed by atoms with Crippen LogP contribution in [0.2, 0.25) is 0 Å². The van der Waals surface area contributed by atoms with Crippen molar-refractivity contribution in [3.8, 4) is 0 Å². The average molecular weight is 925 g/mol. The molecular formula is C33H62B2F8N8OP2Rh+. The van der Waals surface area contributed by atoms with Gasteiger partial charge in [0.25, 0.3) is 5.84 Å². The van der Waals surface area contributed by atoms with E-state index in [1.54, 1.807) is 0 Å². The van der Waals surface area contributed by atoms with E-state index in [9.17, 15) is 25.9 Å². The molecule has 4 fully saturated rings. The number of nitrogens with zero attached hydrogens (tertiary/aromatic N) is 8. The van der Waals surface area contributed by atoms with E-state index >= 15 is 0 Å². The summed E-state index contributed by atoms with van der Waals surface area (Å²) in [5.74, 6) is 2.93. The van der Waals surface area contributed by atoms with Crippen LogP contribution in [-0.4, -0.2) is 180 Å². The van der Waals surface area contributed by atoms with Crippen molar-refractivity contribution in [2.75, 3.05) is 85.6 Å². The average Bonchev–Trinajstić information content (AvgIpc) is 3.74. The third-order valence-electron chi connectivity index (χ3n) is 10.1. The van der Waals surface area contributed by atoms with Crippen LogP contribution >= 0.6 is 16.1 Å². The largest absolute Gasteiger partial charge is 3.00 e. The van der Waals surface area contributed by atoms with Crippen molar-refractivity contribution in [2.45, 2.75) is 90.4 Å². The maximum atomic E-state index is 9.67. The Hall–Kier alpha value is -0.557. The van der Waals surface area contributed by atoms with Crippen molar-refractivity contribution in [2.24, 2.45) is 0 Å². The van der Waals surface area contributed by atoms with Gasteiger partial charge in [0.05, 0.1) is 39.1 Å². The molecule has 0 aromatic heterocycles. The summed E-state index contributed by atoms with van der Waals surface area (Å²) in [6.45, 7) is 38.1. The van der Waals surface area contributed by atoms with Gasteiger partial charge in [-0.25, -0.2) is 0 Å². The first-order valence-corrected chi connectivity index (χ1v) is 21.4. The van der Waals surface area contributed by atoms with Crippen LogP contribution in [0.4, 0.5) is 25.9 Å². The predicted molar refractivity (Wildman–Crippen MR) is 206 cm³/mol. The molecule has 0 spiro atoms. The van der Waals surface area contributed by atoms with Crippen molar-refractivity contribution in [3.63, 3.8) is 0 Å². The van der Waals surface area contributed by atoms with Gasteiger partial charge in [-0.3, -0.25) is 48.8 Å². The molecule has 0 aliphatic carbocycles. The fourth-order valence-electron chi connectivity index (χ4n) is 8.34. The molecule has 6 aliphatic heterocycles. The minimum absolute atomic E-state index is 0. The van der Waals surface area contributed by atoms with Crippen molar-refractivity contribution < 1.29 is 64.0 Å². The maximum absolute atomic E-state index is 9.67. The van der Waals surface area contributed by atoms with E-state index in [-0.39, 0.29) is 37.0 Å². The second kappa shape index (κ2) is 27.3. The van der Waals surface area contributed by atoms with Crippen LogP contribution in [0.25, 0.3) is 0 Å². The van der Waals surface area contributed by atoms with E-state index in [1.165, 1.54) is 83.6 Å². The van der Waals surface area contributed by atoms with Crippen molar-refractivity contribution in [1.82, 2.24) is 33.8 Å². The van der Waals surface area contributed by atoms with E-state index in [0.29, 0.717) is 12.3 Å². The van der Waals surface area contributed by atoms with Crippen molar-refractivity contribution >= 4 is 37.1 Å². The summed E-state index contributed by atoms with van der Waals surface area (Å²) in [5, 5.41) is 0. The number of halogens is 8. The van der Waals surface area contributed by atoms with Crippen LogP contribution in [0.1, 0.15) is 55.4 Å². The fraction of sp³-hybridized carbons (Fsp3) is 0.818. The number of fused-ring (bicyclic) bond motifs is 4. The number of amidine groups is 1. The number of likely N-dealkylation sites (N-methyl/N-ethyl adjacent to an activating group) is 1. The third kappa shape index (κ3) is 16.2. The SMILES string of the molecule is CC(C)P(C(C)C)N1CCN2CCN3CC[N+](C)=C3C=C21.FB(F)F.FB(F)F.[C-]#[O+].[CH2-]N1CCN2CCN3CCN([PH+](C(C)C)C(C)C)C3[CH-]C12.[F-].[F-].[Rh+3]. The Labute approximate surface area is 341 Å². The zero-order valence-electron chi connectivity index (χ0n) is 33.8. The summed E-state index contributed by atoms with van der Waals surface area (Å²) in [5.41, 5.74) is 3.13. The Morgan fingerprint density at radius 2 is 1.18 bits per heavy atom. The molecule has 2 unspecified atom stereocenters. The van der Waals surface area contributed by atoms with Crippen LogP contribution < -0.4 is 9.41 Å². The van der Waals surface area contributed by atoms with Gasteiger partial charge < -0.3 is 33.7 Å². The summed E-state index contributed by atoms with van der Waals surface area (Å²) in [6, 6.07) is 0. The Bertz CT molecular complexity index is 1150. The molecule has 2 atom stereocenters. The topological polar surface area (TPSA) is 45.6 Å². The van der Waals surface area contributed by atoms with Crippen molar-refractivity contribution in [3.05, 3.63) is 32.0 Å². The second-order valence-electron chi connectivity index (χ2n) is 14.8. The normalized spacial score (nSPS) is 22.3. The van der Waals surface area contributed by atoms with Gasteiger partial charge in [0.15, 0.2) is 0 Å². The van der Waals surface area contributed by atoms with E-state index in [1.807, 2.05) is 0 Å². The first kappa shape index (κ1) is 56.5. The third-order valence-corrected chi connectivity index (χ3v) is 16.7. The molecule has 0 aromatic carbocycles. The molecule has 6 heterocycles. The molecule has 0 amide bonds. The second-order valence-corrected chi connectivity index (χ2v) is 21.8. The van der Waals surface area contributed by atoms with Crippen molar-refractivity contribution in [1.29, 1.82) is 0 Å².